The van der Waals surface area contributed by atoms with Gasteiger partial charge in [0.25, 0.3) is 5.91 Å². The number of carbonyl (C=O) groups excluding carboxylic acids is 1. The molecule has 16 heavy (non-hydrogen) atoms. The molecule has 0 radical (unpaired) electrons. The van der Waals surface area contributed by atoms with Gasteiger partial charge in [-0.05, 0) is 25.1 Å². The summed E-state index contributed by atoms with van der Waals surface area (Å²) < 4.78 is 5.28. The molecule has 1 heterocycles. The largest absolute Gasteiger partial charge is 0.482 e. The first-order valence-electron chi connectivity index (χ1n) is 5.21. The summed E-state index contributed by atoms with van der Waals surface area (Å²) in [5.41, 5.74) is 5.36. The minimum atomic E-state index is -0.0581. The lowest BCUT2D eigenvalue weighted by Gasteiger charge is -2.16. The van der Waals surface area contributed by atoms with E-state index in [0.717, 1.165) is 6.42 Å². The van der Waals surface area contributed by atoms with Crippen molar-refractivity contribution in [1.82, 2.24) is 9.88 Å². The first kappa shape index (κ1) is 12.4. The fourth-order valence-electron chi connectivity index (χ4n) is 1.14. The number of likely N-dealkylation sites (N-methyl/N-ethyl adjacent to an activating group) is 1. The van der Waals surface area contributed by atoms with Crippen molar-refractivity contribution in [1.29, 1.82) is 0 Å². The quantitative estimate of drug-likeness (QED) is 0.751. The highest BCUT2D eigenvalue weighted by molar-refractivity contribution is 5.77. The number of nitrogens with zero attached hydrogens (tertiary/aromatic N) is 2. The average molecular weight is 223 g/mol. The lowest BCUT2D eigenvalue weighted by atomic mass is 10.4. The van der Waals surface area contributed by atoms with Gasteiger partial charge in [-0.3, -0.25) is 9.78 Å². The van der Waals surface area contributed by atoms with Crippen LogP contribution in [0, 0.1) is 0 Å². The second-order valence-electron chi connectivity index (χ2n) is 3.43. The topological polar surface area (TPSA) is 68.5 Å². The summed E-state index contributed by atoms with van der Waals surface area (Å²) in [6, 6.07) is 3.53. The van der Waals surface area contributed by atoms with E-state index in [0.29, 0.717) is 18.8 Å². The summed E-state index contributed by atoms with van der Waals surface area (Å²) in [6.45, 7) is 1.28. The van der Waals surface area contributed by atoms with Crippen LogP contribution in [0.4, 0.5) is 0 Å². The Labute approximate surface area is 95.2 Å². The van der Waals surface area contributed by atoms with Gasteiger partial charge in [0, 0.05) is 19.8 Å². The molecule has 2 N–H and O–H groups in total. The lowest BCUT2D eigenvalue weighted by molar-refractivity contribution is -0.132. The summed E-state index contributed by atoms with van der Waals surface area (Å²) in [6.07, 6.45) is 4.03. The van der Waals surface area contributed by atoms with Crippen LogP contribution in [0.3, 0.4) is 0 Å². The van der Waals surface area contributed by atoms with Gasteiger partial charge in [-0.1, -0.05) is 0 Å². The Hall–Kier alpha value is -1.62. The van der Waals surface area contributed by atoms with Crippen molar-refractivity contribution in [2.24, 2.45) is 5.73 Å². The van der Waals surface area contributed by atoms with Gasteiger partial charge in [0.15, 0.2) is 6.61 Å². The summed E-state index contributed by atoms with van der Waals surface area (Å²) in [5.74, 6) is 0.542. The van der Waals surface area contributed by atoms with Gasteiger partial charge in [0.1, 0.15) is 5.75 Å². The van der Waals surface area contributed by atoms with Gasteiger partial charge in [-0.2, -0.15) is 0 Å². The molecule has 0 aliphatic rings. The maximum absolute atomic E-state index is 11.6. The third kappa shape index (κ3) is 4.27. The van der Waals surface area contributed by atoms with Crippen molar-refractivity contribution in [2.75, 3.05) is 26.7 Å². The van der Waals surface area contributed by atoms with E-state index in [1.165, 1.54) is 0 Å². The molecule has 0 aliphatic carbocycles. The number of carbonyl (C=O) groups is 1. The van der Waals surface area contributed by atoms with Crippen LogP contribution in [0.2, 0.25) is 0 Å². The van der Waals surface area contributed by atoms with E-state index in [9.17, 15) is 4.79 Å². The fourth-order valence-corrected chi connectivity index (χ4v) is 1.14. The van der Waals surface area contributed by atoms with Crippen LogP contribution >= 0.6 is 0 Å². The molecule has 0 aromatic carbocycles. The SMILES string of the molecule is CN(CCCN)C(=O)COc1cccnc1. The molecule has 1 amide bonds. The number of amides is 1. The number of hydrogen-bond acceptors (Lipinski definition) is 4. The predicted molar refractivity (Wildman–Crippen MR) is 61.0 cm³/mol. The van der Waals surface area contributed by atoms with Crippen molar-refractivity contribution < 1.29 is 9.53 Å². The number of rotatable bonds is 6. The Morgan fingerprint density at radius 3 is 3.06 bits per heavy atom. The highest BCUT2D eigenvalue weighted by Gasteiger charge is 2.08. The Morgan fingerprint density at radius 1 is 1.62 bits per heavy atom. The van der Waals surface area contributed by atoms with Gasteiger partial charge < -0.3 is 15.4 Å². The molecule has 1 rings (SSSR count). The normalized spacial score (nSPS) is 9.88. The first-order chi connectivity index (χ1) is 7.74. The van der Waals surface area contributed by atoms with Crippen LogP contribution < -0.4 is 10.5 Å². The minimum Gasteiger partial charge on any atom is -0.482 e. The number of hydrogen-bond donors (Lipinski definition) is 1. The Bertz CT molecular complexity index is 316. The van der Waals surface area contributed by atoms with Gasteiger partial charge in [0.05, 0.1) is 6.20 Å². The number of pyridine rings is 1. The molecule has 1 aromatic rings. The third-order valence-electron chi connectivity index (χ3n) is 2.12. The summed E-state index contributed by atoms with van der Waals surface area (Å²) in [5, 5.41) is 0. The Balaban J connectivity index is 2.29. The highest BCUT2D eigenvalue weighted by atomic mass is 16.5. The number of aromatic nitrogens is 1. The second-order valence-corrected chi connectivity index (χ2v) is 3.43. The van der Waals surface area contributed by atoms with Crippen LogP contribution in [-0.4, -0.2) is 42.5 Å². The molecule has 0 saturated heterocycles. The van der Waals surface area contributed by atoms with Crippen molar-refractivity contribution in [3.8, 4) is 5.75 Å². The standard InChI is InChI=1S/C11H17N3O2/c1-14(7-3-5-12)11(15)9-16-10-4-2-6-13-8-10/h2,4,6,8H,3,5,7,9,12H2,1H3. The van der Waals surface area contributed by atoms with E-state index in [1.807, 2.05) is 0 Å². The fraction of sp³-hybridized carbons (Fsp3) is 0.455. The molecule has 0 atom stereocenters. The molecule has 0 fully saturated rings. The van der Waals surface area contributed by atoms with Crippen LogP contribution in [0.1, 0.15) is 6.42 Å². The molecule has 5 heteroatoms. The molecule has 88 valence electrons. The summed E-state index contributed by atoms with van der Waals surface area (Å²) >= 11 is 0. The van der Waals surface area contributed by atoms with E-state index < -0.39 is 0 Å². The van der Waals surface area contributed by atoms with Crippen LogP contribution in [0.5, 0.6) is 5.75 Å². The van der Waals surface area contributed by atoms with Crippen molar-refractivity contribution >= 4 is 5.91 Å². The first-order valence-corrected chi connectivity index (χ1v) is 5.21. The monoisotopic (exact) mass is 223 g/mol. The lowest BCUT2D eigenvalue weighted by Crippen LogP contribution is -2.33. The van der Waals surface area contributed by atoms with Gasteiger partial charge >= 0.3 is 0 Å². The molecular formula is C11H17N3O2. The van der Waals surface area contributed by atoms with E-state index in [-0.39, 0.29) is 12.5 Å². The van der Waals surface area contributed by atoms with Gasteiger partial charge in [0.2, 0.25) is 0 Å². The zero-order valence-electron chi connectivity index (χ0n) is 9.43. The van der Waals surface area contributed by atoms with Crippen LogP contribution in [0.15, 0.2) is 24.5 Å². The smallest absolute Gasteiger partial charge is 0.260 e. The zero-order valence-corrected chi connectivity index (χ0v) is 9.43. The van der Waals surface area contributed by atoms with Crippen LogP contribution in [-0.2, 0) is 4.79 Å². The molecule has 1 aromatic heterocycles. The van der Waals surface area contributed by atoms with Crippen molar-refractivity contribution in [3.05, 3.63) is 24.5 Å². The number of nitrogens with two attached hydrogens (primary N) is 1. The zero-order chi connectivity index (χ0) is 11.8. The minimum absolute atomic E-state index is 0.0345. The van der Waals surface area contributed by atoms with E-state index >= 15 is 0 Å². The van der Waals surface area contributed by atoms with Crippen LogP contribution in [0.25, 0.3) is 0 Å². The van der Waals surface area contributed by atoms with Crippen molar-refractivity contribution in [2.45, 2.75) is 6.42 Å². The van der Waals surface area contributed by atoms with Crippen molar-refractivity contribution in [3.63, 3.8) is 0 Å². The van der Waals surface area contributed by atoms with E-state index in [2.05, 4.69) is 4.98 Å². The summed E-state index contributed by atoms with van der Waals surface area (Å²) in [7, 11) is 1.74. The maximum atomic E-state index is 11.6. The highest BCUT2D eigenvalue weighted by Crippen LogP contribution is 2.05. The molecule has 0 aliphatic heterocycles. The van der Waals surface area contributed by atoms with Gasteiger partial charge in [-0.15, -0.1) is 0 Å². The van der Waals surface area contributed by atoms with E-state index in [1.54, 1.807) is 36.5 Å². The predicted octanol–water partition coefficient (Wildman–Crippen LogP) is 0.268. The molecule has 0 spiro atoms. The average Bonchev–Trinajstić information content (AvgIpc) is 2.34. The molecule has 0 saturated carbocycles. The summed E-state index contributed by atoms with van der Waals surface area (Å²) in [4.78, 5) is 17.1. The molecule has 0 unspecified atom stereocenters. The molecule has 5 nitrogen and oxygen atoms in total. The van der Waals surface area contributed by atoms with Gasteiger partial charge in [-0.25, -0.2) is 0 Å². The molecular weight excluding hydrogens is 206 g/mol. The van der Waals surface area contributed by atoms with E-state index in [4.69, 9.17) is 10.5 Å². The third-order valence-corrected chi connectivity index (χ3v) is 2.12. The Kier molecular flexibility index (Phi) is 5.28. The second kappa shape index (κ2) is 6.79. The Morgan fingerprint density at radius 2 is 2.44 bits per heavy atom. The number of ether oxygens (including phenoxy) is 1. The maximum Gasteiger partial charge on any atom is 0.260 e. The molecule has 0 bridgehead atoms.